The van der Waals surface area contributed by atoms with Crippen LogP contribution in [0.1, 0.15) is 59.1 Å². The fraction of sp³-hybridized carbons (Fsp3) is 0.214. The molecule has 2 radical (unpaired) electrons. The Kier molecular flexibility index (Phi) is 17.8. The second kappa shape index (κ2) is 21.8. The second-order valence-corrected chi connectivity index (χ2v) is 16.5. The van der Waals surface area contributed by atoms with E-state index < -0.39 is 0 Å². The Morgan fingerprint density at radius 1 is 0.417 bits per heavy atom. The molecule has 0 spiro atoms. The van der Waals surface area contributed by atoms with Gasteiger partial charge in [-0.25, -0.2) is 0 Å². The molecule has 0 N–H and O–H groups in total. The molecule has 0 amide bonds. The molecule has 60 heavy (non-hydrogen) atoms. The molecular weight excluding hydrogens is 863 g/mol. The summed E-state index contributed by atoms with van der Waals surface area (Å²) >= 11 is 1.36. The van der Waals surface area contributed by atoms with E-state index in [-0.39, 0.29) is 39.7 Å². The van der Waals surface area contributed by atoms with Gasteiger partial charge in [0.25, 0.3) is 0 Å². The zero-order chi connectivity index (χ0) is 38.8. The van der Waals surface area contributed by atoms with Crippen LogP contribution in [0.5, 0.6) is 0 Å². The summed E-state index contributed by atoms with van der Waals surface area (Å²) in [6.07, 6.45) is 8.06. The SMILES string of the molecule is Cc1ccc(-c2ccc(-c3ccc(C)cc3)c3[cH-]c(CC4CC4)cc23)cc1.Cc1ccc(-c2ccc(-c3ccc(C)cc3)c3[cH-]c(CC4CC4)cc23)cc1.Cl.Cl.[CH3-].[CH3-].[Si]=[Zr]. The van der Waals surface area contributed by atoms with Gasteiger partial charge in [-0.05, 0) is 89.2 Å². The first kappa shape index (κ1) is 48.9. The first-order valence-electron chi connectivity index (χ1n) is 20.3. The van der Waals surface area contributed by atoms with Crippen LogP contribution in [0.4, 0.5) is 0 Å². The Morgan fingerprint density at radius 3 is 0.933 bits per heavy atom. The van der Waals surface area contributed by atoms with Gasteiger partial charge >= 0.3 is 30.2 Å². The van der Waals surface area contributed by atoms with Crippen molar-refractivity contribution >= 4 is 53.2 Å². The molecule has 0 unspecified atom stereocenters. The maximum absolute atomic E-state index is 3.06. The van der Waals surface area contributed by atoms with Crippen molar-refractivity contribution in [2.45, 2.75) is 66.2 Å². The number of halogens is 2. The summed E-state index contributed by atoms with van der Waals surface area (Å²) in [5.74, 6) is 1.82. The number of aryl methyl sites for hydroxylation is 4. The van der Waals surface area contributed by atoms with E-state index in [0.717, 1.165) is 11.8 Å². The Morgan fingerprint density at radius 2 is 0.667 bits per heavy atom. The third-order valence-electron chi connectivity index (χ3n) is 11.8. The van der Waals surface area contributed by atoms with Crippen molar-refractivity contribution in [3.05, 3.63) is 194 Å². The number of hydrogen-bond acceptors (Lipinski definition) is 0. The fourth-order valence-corrected chi connectivity index (χ4v) is 8.21. The summed E-state index contributed by atoms with van der Waals surface area (Å²) in [4.78, 5) is 0. The van der Waals surface area contributed by atoms with E-state index in [1.165, 1.54) is 161 Å². The Labute approximate surface area is 390 Å². The molecule has 0 aliphatic heterocycles. The summed E-state index contributed by atoms with van der Waals surface area (Å²) in [6, 6.07) is 54.7. The summed E-state index contributed by atoms with van der Waals surface area (Å²) in [5, 5.41) is 5.58. The fourth-order valence-electron chi connectivity index (χ4n) is 8.21. The van der Waals surface area contributed by atoms with Crippen LogP contribution in [0.15, 0.2) is 146 Å². The van der Waals surface area contributed by atoms with Crippen LogP contribution >= 0.6 is 24.8 Å². The van der Waals surface area contributed by atoms with Crippen molar-refractivity contribution in [1.29, 1.82) is 0 Å². The van der Waals surface area contributed by atoms with Gasteiger partial charge < -0.3 is 14.9 Å². The van der Waals surface area contributed by atoms with Crippen molar-refractivity contribution < 1.29 is 23.3 Å². The van der Waals surface area contributed by atoms with E-state index in [1.807, 2.05) is 0 Å². The Hall–Kier alpha value is -3.78. The van der Waals surface area contributed by atoms with Gasteiger partial charge in [0.1, 0.15) is 0 Å². The maximum atomic E-state index is 3.06. The third-order valence-corrected chi connectivity index (χ3v) is 11.8. The molecule has 0 nitrogen and oxygen atoms in total. The Balaban J connectivity index is 0.000000239. The second-order valence-electron chi connectivity index (χ2n) is 16.5. The van der Waals surface area contributed by atoms with Gasteiger partial charge in [-0.15, -0.1) is 69.6 Å². The van der Waals surface area contributed by atoms with Crippen LogP contribution in [0.25, 0.3) is 66.1 Å². The summed E-state index contributed by atoms with van der Waals surface area (Å²) in [7, 11) is 0. The van der Waals surface area contributed by atoms with Gasteiger partial charge in [-0.2, -0.15) is 12.1 Å². The van der Waals surface area contributed by atoms with Crippen LogP contribution in [-0.2, 0) is 36.2 Å². The molecule has 2 fully saturated rings. The van der Waals surface area contributed by atoms with E-state index in [1.54, 1.807) is 0 Å². The zero-order valence-corrected chi connectivity index (χ0v) is 41.2. The van der Waals surface area contributed by atoms with E-state index >= 15 is 0 Å². The molecule has 0 aromatic heterocycles. The zero-order valence-electron chi connectivity index (χ0n) is 36.1. The van der Waals surface area contributed by atoms with Gasteiger partial charge in [0.15, 0.2) is 0 Å². The molecule has 8 aromatic carbocycles. The van der Waals surface area contributed by atoms with Crippen molar-refractivity contribution in [3.8, 4) is 44.5 Å². The molecule has 4 heteroatoms. The van der Waals surface area contributed by atoms with Gasteiger partial charge in [0.05, 0.1) is 0 Å². The molecule has 0 heterocycles. The first-order valence-corrected chi connectivity index (χ1v) is 24.5. The van der Waals surface area contributed by atoms with Crippen LogP contribution in [0.3, 0.4) is 0 Å². The molecule has 2 aliphatic rings. The topological polar surface area (TPSA) is 0 Å². The third kappa shape index (κ3) is 11.4. The van der Waals surface area contributed by atoms with Crippen LogP contribution in [-0.4, -0.2) is 6.88 Å². The molecule has 10 rings (SSSR count). The van der Waals surface area contributed by atoms with Gasteiger partial charge in [-0.1, -0.05) is 177 Å². The van der Waals surface area contributed by atoms with Gasteiger partial charge in [-0.3, -0.25) is 0 Å². The standard InChI is InChI=1S/2C27H25.2CH3.2ClH.Si.Zr/c2*1-18-3-9-22(10-4-18)24-13-14-25(23-11-5-19(2)6-12-23)27-17-21(16-26(24)27)15-20-7-8-20;;;;;;/h2*3-6,9-14,16-17,20H,7-8,15H2,1-2H3;2*1H3;2*1H;;/q4*-1;;;;. The first-order chi connectivity index (χ1) is 27.3. The van der Waals surface area contributed by atoms with E-state index in [9.17, 15) is 0 Å². The molecule has 0 bridgehead atoms. The summed E-state index contributed by atoms with van der Waals surface area (Å²) in [5.41, 5.74) is 18.9. The van der Waals surface area contributed by atoms with Crippen LogP contribution < -0.4 is 0 Å². The van der Waals surface area contributed by atoms with Crippen LogP contribution in [0.2, 0.25) is 0 Å². The number of fused-ring (bicyclic) bond motifs is 2. The van der Waals surface area contributed by atoms with Crippen molar-refractivity contribution in [2.24, 2.45) is 11.8 Å². The molecular formula is C56H58Cl2SiZr-4. The minimum atomic E-state index is 0. The van der Waals surface area contributed by atoms with Crippen LogP contribution in [0, 0.1) is 54.4 Å². The molecule has 8 aromatic rings. The monoisotopic (exact) mass is 918 g/mol. The molecule has 2 aliphatic carbocycles. The number of hydrogen-bond donors (Lipinski definition) is 0. The summed E-state index contributed by atoms with van der Waals surface area (Å²) in [6.45, 7) is 11.7. The molecule has 0 saturated heterocycles. The average Bonchev–Trinajstić information content (AvgIpc) is 4.13. The van der Waals surface area contributed by atoms with E-state index in [2.05, 4.69) is 180 Å². The van der Waals surface area contributed by atoms with E-state index in [0.29, 0.717) is 0 Å². The predicted molar refractivity (Wildman–Crippen MR) is 266 cm³/mol. The van der Waals surface area contributed by atoms with Crippen molar-refractivity contribution in [2.75, 3.05) is 0 Å². The van der Waals surface area contributed by atoms with Gasteiger partial charge in [0, 0.05) is 0 Å². The molecule has 308 valence electrons. The normalized spacial score (nSPS) is 12.7. The molecule has 0 atom stereocenters. The van der Waals surface area contributed by atoms with Crippen molar-refractivity contribution in [3.63, 3.8) is 0 Å². The number of benzene rings is 6. The minimum absolute atomic E-state index is 0. The number of rotatable bonds is 8. The Bertz CT molecular complexity index is 2240. The van der Waals surface area contributed by atoms with Crippen molar-refractivity contribution in [1.82, 2.24) is 0 Å². The molecule has 2 saturated carbocycles. The summed E-state index contributed by atoms with van der Waals surface area (Å²) < 4.78 is 0. The average molecular weight is 921 g/mol. The quantitative estimate of drug-likeness (QED) is 0.105. The van der Waals surface area contributed by atoms with E-state index in [4.69, 9.17) is 0 Å². The van der Waals surface area contributed by atoms with Gasteiger partial charge in [0.2, 0.25) is 0 Å². The predicted octanol–water partition coefficient (Wildman–Crippen LogP) is 16.3.